The van der Waals surface area contributed by atoms with Crippen molar-refractivity contribution >= 4 is 21.9 Å². The second-order valence-electron chi connectivity index (χ2n) is 3.06. The summed E-state index contributed by atoms with van der Waals surface area (Å²) in [5.41, 5.74) is -1.07. The number of rotatable bonds is 4. The van der Waals surface area contributed by atoms with Gasteiger partial charge in [-0.15, -0.1) is 0 Å². The average Bonchev–Trinajstić information content (AvgIpc) is 2.19. The Morgan fingerprint density at radius 1 is 1.56 bits per heavy atom. The smallest absolute Gasteiger partial charge is 0.307 e. The molecule has 0 spiro atoms. The molecule has 0 unspecified atom stereocenters. The van der Waals surface area contributed by atoms with Gasteiger partial charge in [-0.3, -0.25) is 9.59 Å². The van der Waals surface area contributed by atoms with Crippen molar-refractivity contribution in [3.63, 3.8) is 0 Å². The molecular formula is C9H8BrF2NO3. The lowest BCUT2D eigenvalue weighted by molar-refractivity contribution is -0.136. The number of carboxylic acids is 1. The predicted octanol–water partition coefficient (Wildman–Crippen LogP) is 1.83. The number of aromatic amines is 1. The minimum absolute atomic E-state index is 0.0426. The maximum absolute atomic E-state index is 12.6. The maximum Gasteiger partial charge on any atom is 0.307 e. The number of alkyl halides is 3. The van der Waals surface area contributed by atoms with E-state index in [0.29, 0.717) is 0 Å². The van der Waals surface area contributed by atoms with Gasteiger partial charge in [-0.2, -0.15) is 0 Å². The number of carbonyl (C=O) groups is 1. The largest absolute Gasteiger partial charge is 0.481 e. The van der Waals surface area contributed by atoms with Crippen LogP contribution in [-0.2, 0) is 16.5 Å². The molecule has 0 saturated heterocycles. The van der Waals surface area contributed by atoms with Gasteiger partial charge in [-0.25, -0.2) is 8.78 Å². The summed E-state index contributed by atoms with van der Waals surface area (Å²) in [5, 5.41) is 8.76. The van der Waals surface area contributed by atoms with Crippen LogP contribution in [0, 0.1) is 0 Å². The molecule has 0 amide bonds. The van der Waals surface area contributed by atoms with Crippen molar-refractivity contribution in [2.24, 2.45) is 0 Å². The molecule has 0 aliphatic heterocycles. The highest BCUT2D eigenvalue weighted by Crippen LogP contribution is 2.23. The molecule has 0 aliphatic rings. The molecule has 1 aromatic rings. The number of aromatic nitrogens is 1. The molecular weight excluding hydrogens is 288 g/mol. The summed E-state index contributed by atoms with van der Waals surface area (Å²) < 4.78 is 25.2. The number of aliphatic carboxylic acids is 1. The second kappa shape index (κ2) is 5.20. The van der Waals surface area contributed by atoms with Crippen LogP contribution < -0.4 is 5.56 Å². The Bertz CT molecular complexity index is 459. The van der Waals surface area contributed by atoms with E-state index in [1.165, 1.54) is 0 Å². The molecule has 1 aromatic heterocycles. The fourth-order valence-corrected chi connectivity index (χ4v) is 1.83. The van der Waals surface area contributed by atoms with E-state index in [0.717, 1.165) is 6.07 Å². The summed E-state index contributed by atoms with van der Waals surface area (Å²) in [5.74, 6) is -1.23. The van der Waals surface area contributed by atoms with Gasteiger partial charge in [-0.05, 0) is 11.1 Å². The number of pyridine rings is 1. The van der Waals surface area contributed by atoms with Crippen LogP contribution in [0.25, 0.3) is 0 Å². The Labute approximate surface area is 97.4 Å². The number of nitrogens with one attached hydrogen (secondary N) is 1. The Morgan fingerprint density at radius 3 is 2.62 bits per heavy atom. The number of hydrogen-bond acceptors (Lipinski definition) is 2. The van der Waals surface area contributed by atoms with Gasteiger partial charge < -0.3 is 10.1 Å². The number of halogens is 3. The van der Waals surface area contributed by atoms with Crippen molar-refractivity contribution in [3.05, 3.63) is 33.2 Å². The molecule has 88 valence electrons. The summed E-state index contributed by atoms with van der Waals surface area (Å²) >= 11 is 3.03. The summed E-state index contributed by atoms with van der Waals surface area (Å²) in [7, 11) is 0. The molecule has 0 fully saturated rings. The highest BCUT2D eigenvalue weighted by molar-refractivity contribution is 9.08. The van der Waals surface area contributed by atoms with E-state index in [1.54, 1.807) is 0 Å². The fourth-order valence-electron chi connectivity index (χ4n) is 1.33. The first-order chi connectivity index (χ1) is 7.45. The van der Waals surface area contributed by atoms with E-state index < -0.39 is 30.1 Å². The van der Waals surface area contributed by atoms with E-state index in [1.807, 2.05) is 4.98 Å². The van der Waals surface area contributed by atoms with Crippen LogP contribution in [0.2, 0.25) is 0 Å². The molecule has 0 radical (unpaired) electrons. The molecule has 0 aromatic carbocycles. The molecule has 4 nitrogen and oxygen atoms in total. The van der Waals surface area contributed by atoms with Crippen LogP contribution in [0.4, 0.5) is 8.78 Å². The molecule has 1 rings (SSSR count). The summed E-state index contributed by atoms with van der Waals surface area (Å²) in [6.07, 6.45) is -3.45. The van der Waals surface area contributed by atoms with Crippen molar-refractivity contribution in [3.8, 4) is 0 Å². The van der Waals surface area contributed by atoms with Crippen molar-refractivity contribution in [2.45, 2.75) is 18.2 Å². The van der Waals surface area contributed by atoms with Gasteiger partial charge in [0.1, 0.15) is 0 Å². The zero-order chi connectivity index (χ0) is 12.3. The van der Waals surface area contributed by atoms with Gasteiger partial charge in [0.05, 0.1) is 12.1 Å². The number of carboxylic acid groups (broad SMARTS) is 1. The van der Waals surface area contributed by atoms with E-state index in [2.05, 4.69) is 15.9 Å². The molecule has 0 atom stereocenters. The second-order valence-corrected chi connectivity index (χ2v) is 3.62. The lowest BCUT2D eigenvalue weighted by atomic mass is 10.0. The van der Waals surface area contributed by atoms with Gasteiger partial charge in [0, 0.05) is 11.4 Å². The lowest BCUT2D eigenvalue weighted by Crippen LogP contribution is -2.16. The normalized spacial score (nSPS) is 10.8. The Hall–Kier alpha value is -1.24. The van der Waals surface area contributed by atoms with Gasteiger partial charge in [0.15, 0.2) is 0 Å². The quantitative estimate of drug-likeness (QED) is 0.833. The highest BCUT2D eigenvalue weighted by Gasteiger charge is 2.19. The standard InChI is InChI=1S/C9H8BrF2NO3/c10-3-4-1-6(14)13-8(9(11)12)5(4)2-7(15)16/h1,9H,2-3H2,(H,13,14)(H,15,16). The van der Waals surface area contributed by atoms with Gasteiger partial charge in [0.2, 0.25) is 5.56 Å². The summed E-state index contributed by atoms with van der Waals surface area (Å²) in [4.78, 5) is 23.6. The SMILES string of the molecule is O=C(O)Cc1c(CBr)cc(=O)[nH]c1C(F)F. The lowest BCUT2D eigenvalue weighted by Gasteiger charge is -2.10. The minimum Gasteiger partial charge on any atom is -0.481 e. The third-order valence-electron chi connectivity index (χ3n) is 1.97. The highest BCUT2D eigenvalue weighted by atomic mass is 79.9. The first-order valence-corrected chi connectivity index (χ1v) is 5.38. The van der Waals surface area contributed by atoms with Crippen molar-refractivity contribution in [1.29, 1.82) is 0 Å². The third-order valence-corrected chi connectivity index (χ3v) is 2.57. The summed E-state index contributed by atoms with van der Waals surface area (Å²) in [6.45, 7) is 0. The topological polar surface area (TPSA) is 70.2 Å². The van der Waals surface area contributed by atoms with Gasteiger partial charge >= 0.3 is 5.97 Å². The van der Waals surface area contributed by atoms with Crippen LogP contribution >= 0.6 is 15.9 Å². The van der Waals surface area contributed by atoms with Gasteiger partial charge in [-0.1, -0.05) is 15.9 Å². The van der Waals surface area contributed by atoms with E-state index >= 15 is 0 Å². The van der Waals surface area contributed by atoms with Crippen LogP contribution in [0.1, 0.15) is 23.2 Å². The zero-order valence-corrected chi connectivity index (χ0v) is 9.55. The predicted molar refractivity (Wildman–Crippen MR) is 56.0 cm³/mol. The fraction of sp³-hybridized carbons (Fsp3) is 0.333. The average molecular weight is 296 g/mol. The van der Waals surface area contributed by atoms with Crippen LogP contribution in [0.15, 0.2) is 10.9 Å². The maximum atomic E-state index is 12.6. The monoisotopic (exact) mass is 295 g/mol. The molecule has 0 saturated carbocycles. The van der Waals surface area contributed by atoms with E-state index in [9.17, 15) is 18.4 Å². The van der Waals surface area contributed by atoms with Crippen LogP contribution in [-0.4, -0.2) is 16.1 Å². The first-order valence-electron chi connectivity index (χ1n) is 4.26. The summed E-state index contributed by atoms with van der Waals surface area (Å²) in [6, 6.07) is 1.11. The van der Waals surface area contributed by atoms with E-state index in [-0.39, 0.29) is 16.5 Å². The minimum atomic E-state index is -2.90. The van der Waals surface area contributed by atoms with Crippen molar-refractivity contribution in [1.82, 2.24) is 4.98 Å². The van der Waals surface area contributed by atoms with Gasteiger partial charge in [0.25, 0.3) is 6.43 Å². The van der Waals surface area contributed by atoms with Crippen molar-refractivity contribution < 1.29 is 18.7 Å². The van der Waals surface area contributed by atoms with E-state index in [4.69, 9.17) is 5.11 Å². The Morgan fingerprint density at radius 2 is 2.19 bits per heavy atom. The molecule has 2 N–H and O–H groups in total. The zero-order valence-electron chi connectivity index (χ0n) is 7.97. The molecule has 1 heterocycles. The third kappa shape index (κ3) is 2.88. The molecule has 0 bridgehead atoms. The van der Waals surface area contributed by atoms with Crippen LogP contribution in [0.5, 0.6) is 0 Å². The first kappa shape index (κ1) is 12.8. The Balaban J connectivity index is 3.38. The number of hydrogen-bond donors (Lipinski definition) is 2. The molecule has 0 aliphatic carbocycles. The number of H-pyrrole nitrogens is 1. The van der Waals surface area contributed by atoms with Crippen molar-refractivity contribution in [2.75, 3.05) is 0 Å². The molecule has 16 heavy (non-hydrogen) atoms. The molecule has 7 heteroatoms. The Kier molecular flexibility index (Phi) is 4.17. The van der Waals surface area contributed by atoms with Crippen LogP contribution in [0.3, 0.4) is 0 Å².